The zero-order valence-corrected chi connectivity index (χ0v) is 13.5. The van der Waals surface area contributed by atoms with Crippen molar-refractivity contribution in [1.29, 1.82) is 0 Å². The lowest BCUT2D eigenvalue weighted by molar-refractivity contribution is -0.142. The fraction of sp³-hybridized carbons (Fsp3) is 0.333. The lowest BCUT2D eigenvalue weighted by atomic mass is 10.2. The zero-order chi connectivity index (χ0) is 19.5. The van der Waals surface area contributed by atoms with Gasteiger partial charge in [-0.3, -0.25) is 4.68 Å². The van der Waals surface area contributed by atoms with E-state index in [1.165, 1.54) is 32.4 Å². The van der Waals surface area contributed by atoms with Crippen LogP contribution in [0.2, 0.25) is 0 Å². The van der Waals surface area contributed by atoms with Crippen LogP contribution in [0.5, 0.6) is 11.5 Å². The maximum absolute atomic E-state index is 12.9. The van der Waals surface area contributed by atoms with Gasteiger partial charge in [0, 0.05) is 13.2 Å². The number of methoxy groups -OCH3 is 1. The first kappa shape index (κ1) is 19.5. The van der Waals surface area contributed by atoms with Crippen LogP contribution in [0.3, 0.4) is 0 Å². The van der Waals surface area contributed by atoms with Crippen molar-refractivity contribution >= 4 is 5.97 Å². The first-order chi connectivity index (χ1) is 12.1. The van der Waals surface area contributed by atoms with Gasteiger partial charge in [0.1, 0.15) is 12.2 Å². The van der Waals surface area contributed by atoms with Crippen molar-refractivity contribution < 1.29 is 41.0 Å². The van der Waals surface area contributed by atoms with E-state index in [4.69, 9.17) is 9.47 Å². The van der Waals surface area contributed by atoms with Gasteiger partial charge < -0.3 is 14.2 Å². The molecule has 0 amide bonds. The molecular formula is C15H13F5N2O4. The number of hydrogen-bond donors (Lipinski definition) is 0. The van der Waals surface area contributed by atoms with Crippen LogP contribution < -0.4 is 9.47 Å². The zero-order valence-electron chi connectivity index (χ0n) is 13.5. The van der Waals surface area contributed by atoms with Crippen LogP contribution in [0.15, 0.2) is 24.4 Å². The van der Waals surface area contributed by atoms with E-state index in [0.29, 0.717) is 5.56 Å². The Labute approximate surface area is 144 Å². The van der Waals surface area contributed by atoms with E-state index < -0.39 is 36.6 Å². The molecule has 0 aliphatic rings. The molecule has 6 nitrogen and oxygen atoms in total. The Hall–Kier alpha value is -2.85. The standard InChI is InChI=1S/C15H13F5N2O4/c1-22-6-9(12(21-22)15(18,19)20)13(23)25-7-8-3-4-10(26-14(16)17)11(5-8)24-2/h3-6,14H,7H2,1-2H3. The smallest absolute Gasteiger partial charge is 0.436 e. The Kier molecular flexibility index (Phi) is 5.68. The number of carbonyl (C=O) groups excluding carboxylic acids is 1. The van der Waals surface area contributed by atoms with E-state index in [-0.39, 0.29) is 11.5 Å². The number of alkyl halides is 5. The largest absolute Gasteiger partial charge is 0.493 e. The number of rotatable bonds is 6. The normalized spacial score (nSPS) is 11.5. The summed E-state index contributed by atoms with van der Waals surface area (Å²) in [6.45, 7) is -3.46. The third-order valence-electron chi connectivity index (χ3n) is 3.13. The first-order valence-electron chi connectivity index (χ1n) is 7.01. The minimum absolute atomic E-state index is 0.0452. The SMILES string of the molecule is COc1cc(COC(=O)c2cn(C)nc2C(F)(F)F)ccc1OC(F)F. The third kappa shape index (κ3) is 4.61. The molecule has 1 aromatic carbocycles. The van der Waals surface area contributed by atoms with Crippen LogP contribution in [0.1, 0.15) is 21.6 Å². The summed E-state index contributed by atoms with van der Waals surface area (Å²) in [6.07, 6.45) is -3.92. The highest BCUT2D eigenvalue weighted by Crippen LogP contribution is 2.32. The van der Waals surface area contributed by atoms with Crippen LogP contribution in [-0.4, -0.2) is 29.5 Å². The Morgan fingerprint density at radius 2 is 1.96 bits per heavy atom. The number of nitrogens with zero attached hydrogens (tertiary/aromatic N) is 2. The highest BCUT2D eigenvalue weighted by Gasteiger charge is 2.39. The predicted molar refractivity (Wildman–Crippen MR) is 77.0 cm³/mol. The summed E-state index contributed by atoms with van der Waals surface area (Å²) in [7, 11) is 2.45. The van der Waals surface area contributed by atoms with Gasteiger partial charge in [-0.25, -0.2) is 4.79 Å². The van der Waals surface area contributed by atoms with Crippen molar-refractivity contribution in [2.45, 2.75) is 19.4 Å². The highest BCUT2D eigenvalue weighted by molar-refractivity contribution is 5.90. The number of aromatic nitrogens is 2. The van der Waals surface area contributed by atoms with Crippen molar-refractivity contribution in [2.75, 3.05) is 7.11 Å². The number of carbonyl (C=O) groups is 1. The molecule has 2 aromatic rings. The molecule has 0 aliphatic heterocycles. The highest BCUT2D eigenvalue weighted by atomic mass is 19.4. The molecule has 0 N–H and O–H groups in total. The van der Waals surface area contributed by atoms with Gasteiger partial charge in [-0.1, -0.05) is 6.07 Å². The lowest BCUT2D eigenvalue weighted by Gasteiger charge is -2.12. The first-order valence-corrected chi connectivity index (χ1v) is 7.01. The molecule has 26 heavy (non-hydrogen) atoms. The summed E-state index contributed by atoms with van der Waals surface area (Å²) >= 11 is 0. The minimum Gasteiger partial charge on any atom is -0.493 e. The second-order valence-corrected chi connectivity index (χ2v) is 5.00. The van der Waals surface area contributed by atoms with Crippen molar-refractivity contribution in [3.8, 4) is 11.5 Å². The number of hydrogen-bond acceptors (Lipinski definition) is 5. The van der Waals surface area contributed by atoms with E-state index in [9.17, 15) is 26.7 Å². The number of benzene rings is 1. The van der Waals surface area contributed by atoms with E-state index in [0.717, 1.165) is 10.9 Å². The molecule has 0 spiro atoms. The van der Waals surface area contributed by atoms with Gasteiger partial charge in [0.2, 0.25) is 0 Å². The molecule has 0 saturated heterocycles. The molecule has 0 unspecified atom stereocenters. The van der Waals surface area contributed by atoms with Crippen molar-refractivity contribution in [2.24, 2.45) is 7.05 Å². The summed E-state index contributed by atoms with van der Waals surface area (Å²) in [5.74, 6) is -1.50. The summed E-state index contributed by atoms with van der Waals surface area (Å²) in [6, 6.07) is 3.74. The van der Waals surface area contributed by atoms with Gasteiger partial charge in [-0.05, 0) is 17.7 Å². The van der Waals surface area contributed by atoms with Crippen molar-refractivity contribution in [3.05, 3.63) is 41.2 Å². The molecule has 2 rings (SSSR count). The fourth-order valence-corrected chi connectivity index (χ4v) is 2.07. The Morgan fingerprint density at radius 1 is 1.27 bits per heavy atom. The van der Waals surface area contributed by atoms with Gasteiger partial charge in [0.25, 0.3) is 0 Å². The van der Waals surface area contributed by atoms with E-state index in [2.05, 4.69) is 9.84 Å². The summed E-state index contributed by atoms with van der Waals surface area (Å²) in [5.41, 5.74) is -1.79. The van der Waals surface area contributed by atoms with Crippen LogP contribution >= 0.6 is 0 Å². The summed E-state index contributed by atoms with van der Waals surface area (Å²) in [5, 5.41) is 3.21. The summed E-state index contributed by atoms with van der Waals surface area (Å²) in [4.78, 5) is 11.9. The van der Waals surface area contributed by atoms with Crippen molar-refractivity contribution in [1.82, 2.24) is 9.78 Å². The molecule has 0 saturated carbocycles. The monoisotopic (exact) mass is 380 g/mol. The number of esters is 1. The van der Waals surface area contributed by atoms with E-state index >= 15 is 0 Å². The van der Waals surface area contributed by atoms with E-state index in [1.807, 2.05) is 0 Å². The third-order valence-corrected chi connectivity index (χ3v) is 3.13. The molecule has 1 aromatic heterocycles. The molecule has 0 radical (unpaired) electrons. The van der Waals surface area contributed by atoms with Gasteiger partial charge in [0.15, 0.2) is 17.2 Å². The minimum atomic E-state index is -4.81. The maximum Gasteiger partial charge on any atom is 0.436 e. The van der Waals surface area contributed by atoms with Gasteiger partial charge in [-0.2, -0.15) is 27.1 Å². The average Bonchev–Trinajstić information content (AvgIpc) is 2.95. The summed E-state index contributed by atoms with van der Waals surface area (Å²) < 4.78 is 77.9. The lowest BCUT2D eigenvalue weighted by Crippen LogP contribution is -2.14. The fourth-order valence-electron chi connectivity index (χ4n) is 2.07. The topological polar surface area (TPSA) is 62.6 Å². The predicted octanol–water partition coefficient (Wildman–Crippen LogP) is 3.41. The van der Waals surface area contributed by atoms with Crippen molar-refractivity contribution in [3.63, 3.8) is 0 Å². The number of ether oxygens (including phenoxy) is 3. The number of halogens is 5. The maximum atomic E-state index is 12.9. The second kappa shape index (κ2) is 7.58. The molecule has 142 valence electrons. The van der Waals surface area contributed by atoms with Crippen LogP contribution in [0.25, 0.3) is 0 Å². The molecule has 0 bridgehead atoms. The van der Waals surface area contributed by atoms with Crippen LogP contribution in [0, 0.1) is 0 Å². The molecule has 0 aliphatic carbocycles. The van der Waals surface area contributed by atoms with Gasteiger partial charge >= 0.3 is 18.8 Å². The van der Waals surface area contributed by atoms with Crippen LogP contribution in [-0.2, 0) is 24.6 Å². The Bertz CT molecular complexity index is 789. The Morgan fingerprint density at radius 3 is 2.54 bits per heavy atom. The number of aryl methyl sites for hydroxylation is 1. The van der Waals surface area contributed by atoms with Crippen LogP contribution in [0.4, 0.5) is 22.0 Å². The second-order valence-electron chi connectivity index (χ2n) is 5.00. The molecule has 1 heterocycles. The van der Waals surface area contributed by atoms with E-state index in [1.54, 1.807) is 0 Å². The molecule has 0 fully saturated rings. The quantitative estimate of drug-likeness (QED) is 0.568. The average molecular weight is 380 g/mol. The molecule has 0 atom stereocenters. The Balaban J connectivity index is 2.13. The van der Waals surface area contributed by atoms with Gasteiger partial charge in [0.05, 0.1) is 7.11 Å². The van der Waals surface area contributed by atoms with Gasteiger partial charge in [-0.15, -0.1) is 0 Å². The molecular weight excluding hydrogens is 367 g/mol. The molecule has 11 heteroatoms.